The van der Waals surface area contributed by atoms with Gasteiger partial charge >= 0.3 is 5.97 Å². The highest BCUT2D eigenvalue weighted by molar-refractivity contribution is 5.96. The SMILES string of the molecule is CCCOC(=O)CC1C(=O)NCCN1C(=O)CNc1cccc(C(=O)N2CCCC2)c1. The van der Waals surface area contributed by atoms with E-state index in [0.29, 0.717) is 30.8 Å². The highest BCUT2D eigenvalue weighted by Crippen LogP contribution is 2.17. The number of benzene rings is 1. The lowest BCUT2D eigenvalue weighted by Crippen LogP contribution is -2.58. The maximum atomic E-state index is 12.8. The molecule has 0 radical (unpaired) electrons. The topological polar surface area (TPSA) is 108 Å². The minimum atomic E-state index is -0.879. The van der Waals surface area contributed by atoms with Crippen molar-refractivity contribution in [1.82, 2.24) is 15.1 Å². The lowest BCUT2D eigenvalue weighted by Gasteiger charge is -2.34. The van der Waals surface area contributed by atoms with Crippen molar-refractivity contribution in [3.63, 3.8) is 0 Å². The van der Waals surface area contributed by atoms with E-state index in [-0.39, 0.29) is 37.3 Å². The molecule has 0 spiro atoms. The number of likely N-dealkylation sites (tertiary alicyclic amines) is 1. The van der Waals surface area contributed by atoms with E-state index in [9.17, 15) is 19.2 Å². The summed E-state index contributed by atoms with van der Waals surface area (Å²) < 4.78 is 5.07. The fraction of sp³-hybridized carbons (Fsp3) is 0.545. The van der Waals surface area contributed by atoms with Crippen LogP contribution in [-0.4, -0.2) is 78.9 Å². The van der Waals surface area contributed by atoms with Gasteiger partial charge in [-0.15, -0.1) is 0 Å². The van der Waals surface area contributed by atoms with Crippen molar-refractivity contribution >= 4 is 29.4 Å². The summed E-state index contributed by atoms with van der Waals surface area (Å²) >= 11 is 0. The molecule has 9 heteroatoms. The molecule has 2 fully saturated rings. The Morgan fingerprint density at radius 2 is 1.97 bits per heavy atom. The lowest BCUT2D eigenvalue weighted by molar-refractivity contribution is -0.151. The van der Waals surface area contributed by atoms with Crippen LogP contribution in [0.5, 0.6) is 0 Å². The molecule has 2 aliphatic heterocycles. The van der Waals surface area contributed by atoms with Crippen LogP contribution < -0.4 is 10.6 Å². The van der Waals surface area contributed by atoms with E-state index in [2.05, 4.69) is 10.6 Å². The Labute approximate surface area is 182 Å². The van der Waals surface area contributed by atoms with Crippen molar-refractivity contribution in [3.8, 4) is 0 Å². The third-order valence-corrected chi connectivity index (χ3v) is 5.42. The summed E-state index contributed by atoms with van der Waals surface area (Å²) in [5.41, 5.74) is 1.23. The number of piperazine rings is 1. The van der Waals surface area contributed by atoms with Crippen molar-refractivity contribution in [1.29, 1.82) is 0 Å². The van der Waals surface area contributed by atoms with Gasteiger partial charge in [0.1, 0.15) is 6.04 Å². The molecule has 0 bridgehead atoms. The van der Waals surface area contributed by atoms with Crippen molar-refractivity contribution in [2.24, 2.45) is 0 Å². The van der Waals surface area contributed by atoms with E-state index in [1.54, 1.807) is 24.3 Å². The maximum Gasteiger partial charge on any atom is 0.308 e. The highest BCUT2D eigenvalue weighted by Gasteiger charge is 2.35. The summed E-state index contributed by atoms with van der Waals surface area (Å²) in [6.45, 7) is 4.33. The summed E-state index contributed by atoms with van der Waals surface area (Å²) in [6.07, 6.45) is 2.56. The van der Waals surface area contributed by atoms with Gasteiger partial charge in [0.15, 0.2) is 0 Å². The van der Waals surface area contributed by atoms with Crippen LogP contribution in [0, 0.1) is 0 Å². The number of amides is 3. The zero-order valence-electron chi connectivity index (χ0n) is 17.9. The van der Waals surface area contributed by atoms with Gasteiger partial charge in [0.05, 0.1) is 19.6 Å². The summed E-state index contributed by atoms with van der Waals surface area (Å²) in [5.74, 6) is -1.15. The van der Waals surface area contributed by atoms with E-state index >= 15 is 0 Å². The molecule has 2 aliphatic rings. The second kappa shape index (κ2) is 10.8. The third-order valence-electron chi connectivity index (χ3n) is 5.42. The Hall–Kier alpha value is -3.10. The minimum Gasteiger partial charge on any atom is -0.466 e. The van der Waals surface area contributed by atoms with Gasteiger partial charge in [-0.05, 0) is 37.5 Å². The summed E-state index contributed by atoms with van der Waals surface area (Å²) in [4.78, 5) is 52.9. The van der Waals surface area contributed by atoms with Gasteiger partial charge < -0.3 is 25.2 Å². The smallest absolute Gasteiger partial charge is 0.308 e. The Kier molecular flexibility index (Phi) is 7.86. The fourth-order valence-electron chi connectivity index (χ4n) is 3.79. The number of hydrogen-bond donors (Lipinski definition) is 2. The van der Waals surface area contributed by atoms with E-state index in [0.717, 1.165) is 25.9 Å². The van der Waals surface area contributed by atoms with Gasteiger partial charge in [0, 0.05) is 37.4 Å². The van der Waals surface area contributed by atoms with Gasteiger partial charge in [-0.1, -0.05) is 13.0 Å². The van der Waals surface area contributed by atoms with E-state index in [1.807, 2.05) is 11.8 Å². The summed E-state index contributed by atoms with van der Waals surface area (Å²) in [6, 6.07) is 6.18. The highest BCUT2D eigenvalue weighted by atomic mass is 16.5. The lowest BCUT2D eigenvalue weighted by atomic mass is 10.1. The van der Waals surface area contributed by atoms with Crippen LogP contribution in [0.1, 0.15) is 43.0 Å². The molecule has 2 saturated heterocycles. The van der Waals surface area contributed by atoms with Crippen LogP contribution >= 0.6 is 0 Å². The van der Waals surface area contributed by atoms with Gasteiger partial charge in [0.25, 0.3) is 5.91 Å². The van der Waals surface area contributed by atoms with E-state index < -0.39 is 12.0 Å². The van der Waals surface area contributed by atoms with Crippen LogP contribution in [0.25, 0.3) is 0 Å². The molecule has 0 aliphatic carbocycles. The molecule has 3 amide bonds. The van der Waals surface area contributed by atoms with Crippen LogP contribution in [0.15, 0.2) is 24.3 Å². The molecule has 2 heterocycles. The largest absolute Gasteiger partial charge is 0.466 e. The van der Waals surface area contributed by atoms with Gasteiger partial charge in [-0.3, -0.25) is 19.2 Å². The Morgan fingerprint density at radius 1 is 1.19 bits per heavy atom. The first-order chi connectivity index (χ1) is 15.0. The van der Waals surface area contributed by atoms with Crippen molar-refractivity contribution in [2.45, 2.75) is 38.6 Å². The minimum absolute atomic E-state index is 0.00849. The quantitative estimate of drug-likeness (QED) is 0.596. The molecule has 1 aromatic rings. The molecule has 0 saturated carbocycles. The third kappa shape index (κ3) is 5.96. The van der Waals surface area contributed by atoms with Gasteiger partial charge in [0.2, 0.25) is 11.8 Å². The Bertz CT molecular complexity index is 822. The zero-order chi connectivity index (χ0) is 22.2. The first-order valence-electron chi connectivity index (χ1n) is 10.9. The standard InChI is InChI=1S/C22H30N4O5/c1-2-12-31-20(28)14-18-21(29)23-8-11-26(18)19(27)15-24-17-7-5-6-16(13-17)22(30)25-9-3-4-10-25/h5-7,13,18,24H,2-4,8-12,14-15H2,1H3,(H,23,29). The van der Waals surface area contributed by atoms with Crippen molar-refractivity contribution in [2.75, 3.05) is 44.6 Å². The number of anilines is 1. The monoisotopic (exact) mass is 430 g/mol. The molecule has 2 N–H and O–H groups in total. The molecule has 31 heavy (non-hydrogen) atoms. The Balaban J connectivity index is 1.59. The number of esters is 1. The van der Waals surface area contributed by atoms with Gasteiger partial charge in [-0.2, -0.15) is 0 Å². The molecule has 1 atom stereocenters. The number of nitrogens with zero attached hydrogens (tertiary/aromatic N) is 2. The molecule has 168 valence electrons. The molecule has 1 unspecified atom stereocenters. The van der Waals surface area contributed by atoms with Gasteiger partial charge in [-0.25, -0.2) is 0 Å². The van der Waals surface area contributed by atoms with Crippen LogP contribution in [-0.2, 0) is 19.1 Å². The summed E-state index contributed by atoms with van der Waals surface area (Å²) in [5, 5.41) is 5.74. The summed E-state index contributed by atoms with van der Waals surface area (Å²) in [7, 11) is 0. The van der Waals surface area contributed by atoms with Crippen molar-refractivity contribution < 1.29 is 23.9 Å². The number of carbonyl (C=O) groups is 4. The molecule has 1 aromatic carbocycles. The average molecular weight is 431 g/mol. The molecule has 0 aromatic heterocycles. The number of ether oxygens (including phenoxy) is 1. The molecule has 9 nitrogen and oxygen atoms in total. The van der Waals surface area contributed by atoms with Crippen LogP contribution in [0.2, 0.25) is 0 Å². The van der Waals surface area contributed by atoms with Crippen LogP contribution in [0.4, 0.5) is 5.69 Å². The number of hydrogen-bond acceptors (Lipinski definition) is 6. The molecule has 3 rings (SSSR count). The normalized spacial score (nSPS) is 18.5. The van der Waals surface area contributed by atoms with Crippen molar-refractivity contribution in [3.05, 3.63) is 29.8 Å². The second-order valence-electron chi connectivity index (χ2n) is 7.75. The number of carbonyl (C=O) groups excluding carboxylic acids is 4. The predicted octanol–water partition coefficient (Wildman–Crippen LogP) is 1.00. The zero-order valence-corrected chi connectivity index (χ0v) is 17.9. The average Bonchev–Trinajstić information content (AvgIpc) is 3.32. The Morgan fingerprint density at radius 3 is 2.71 bits per heavy atom. The van der Waals surface area contributed by atoms with Crippen LogP contribution in [0.3, 0.4) is 0 Å². The first-order valence-corrected chi connectivity index (χ1v) is 10.9. The first kappa shape index (κ1) is 22.6. The number of rotatable bonds is 8. The maximum absolute atomic E-state index is 12.8. The number of nitrogens with one attached hydrogen (secondary N) is 2. The van der Waals surface area contributed by atoms with E-state index in [4.69, 9.17) is 4.74 Å². The fourth-order valence-corrected chi connectivity index (χ4v) is 3.79. The predicted molar refractivity (Wildman–Crippen MR) is 114 cm³/mol. The van der Waals surface area contributed by atoms with E-state index in [1.165, 1.54) is 4.90 Å². The molecular formula is C22H30N4O5. The second-order valence-corrected chi connectivity index (χ2v) is 7.75. The molecular weight excluding hydrogens is 400 g/mol.